The summed E-state index contributed by atoms with van der Waals surface area (Å²) in [5.41, 5.74) is 7.69. The molecule has 0 aliphatic heterocycles. The summed E-state index contributed by atoms with van der Waals surface area (Å²) >= 11 is 0. The van der Waals surface area contributed by atoms with Crippen molar-refractivity contribution in [3.63, 3.8) is 0 Å². The van der Waals surface area contributed by atoms with Gasteiger partial charge in [0, 0.05) is 25.4 Å². The van der Waals surface area contributed by atoms with E-state index in [2.05, 4.69) is 10.4 Å². The van der Waals surface area contributed by atoms with E-state index in [1.54, 1.807) is 4.68 Å². The Hall–Kier alpha value is -1.36. The van der Waals surface area contributed by atoms with E-state index in [1.807, 2.05) is 34.0 Å². The van der Waals surface area contributed by atoms with E-state index in [0.717, 1.165) is 11.3 Å². The highest BCUT2D eigenvalue weighted by Gasteiger charge is 2.17. The van der Waals surface area contributed by atoms with Crippen molar-refractivity contribution < 1.29 is 4.79 Å². The van der Waals surface area contributed by atoms with Crippen molar-refractivity contribution in [2.24, 2.45) is 18.7 Å². The smallest absolute Gasteiger partial charge is 0.237 e. The van der Waals surface area contributed by atoms with Crippen molar-refractivity contribution in [1.29, 1.82) is 0 Å². The Labute approximate surface area is 96.0 Å². The van der Waals surface area contributed by atoms with Gasteiger partial charge in [0.1, 0.15) is 0 Å². The first-order valence-corrected chi connectivity index (χ1v) is 5.44. The number of hydrogen-bond donors (Lipinski definition) is 2. The molecule has 0 bridgehead atoms. The van der Waals surface area contributed by atoms with Crippen LogP contribution in [0.3, 0.4) is 0 Å². The second kappa shape index (κ2) is 5.12. The van der Waals surface area contributed by atoms with Crippen molar-refractivity contribution in [3.8, 4) is 0 Å². The van der Waals surface area contributed by atoms with Gasteiger partial charge in [0.2, 0.25) is 5.91 Å². The third kappa shape index (κ3) is 3.06. The number of rotatable bonds is 4. The molecule has 0 saturated carbocycles. The normalized spacial score (nSPS) is 12.9. The molecule has 0 fully saturated rings. The Bertz CT molecular complexity index is 370. The Balaban J connectivity index is 2.52. The van der Waals surface area contributed by atoms with Gasteiger partial charge in [0.05, 0.1) is 11.7 Å². The monoisotopic (exact) mass is 224 g/mol. The van der Waals surface area contributed by atoms with Gasteiger partial charge in [-0.15, -0.1) is 0 Å². The Morgan fingerprint density at radius 1 is 1.62 bits per heavy atom. The van der Waals surface area contributed by atoms with Crippen LogP contribution >= 0.6 is 0 Å². The summed E-state index contributed by atoms with van der Waals surface area (Å²) in [5, 5.41) is 7.02. The summed E-state index contributed by atoms with van der Waals surface area (Å²) in [5.74, 6) is 0.0354. The first kappa shape index (κ1) is 12.7. The fourth-order valence-corrected chi connectivity index (χ4v) is 1.43. The fraction of sp³-hybridized carbons (Fsp3) is 0.636. The first-order chi connectivity index (χ1) is 7.41. The van der Waals surface area contributed by atoms with Crippen LogP contribution in [-0.2, 0) is 18.4 Å². The molecule has 5 nitrogen and oxygen atoms in total. The largest absolute Gasteiger partial charge is 0.351 e. The SMILES string of the molecule is Cc1nn(C)cc1CNC(=O)[C@@H](N)C(C)C. The summed E-state index contributed by atoms with van der Waals surface area (Å²) in [6.45, 7) is 6.27. The van der Waals surface area contributed by atoms with E-state index in [9.17, 15) is 4.79 Å². The van der Waals surface area contributed by atoms with Gasteiger partial charge < -0.3 is 11.1 Å². The molecule has 0 aromatic carbocycles. The molecule has 5 heteroatoms. The highest BCUT2D eigenvalue weighted by atomic mass is 16.2. The lowest BCUT2D eigenvalue weighted by Crippen LogP contribution is -2.43. The van der Waals surface area contributed by atoms with Crippen LogP contribution in [0.1, 0.15) is 25.1 Å². The van der Waals surface area contributed by atoms with Crippen molar-refractivity contribution in [3.05, 3.63) is 17.5 Å². The van der Waals surface area contributed by atoms with Crippen molar-refractivity contribution in [2.75, 3.05) is 0 Å². The second-order valence-corrected chi connectivity index (χ2v) is 4.40. The number of nitrogens with one attached hydrogen (secondary N) is 1. The third-order valence-corrected chi connectivity index (χ3v) is 2.59. The third-order valence-electron chi connectivity index (χ3n) is 2.59. The van der Waals surface area contributed by atoms with E-state index >= 15 is 0 Å². The Kier molecular flexibility index (Phi) is 4.06. The molecular formula is C11H20N4O. The molecule has 1 aromatic heterocycles. The zero-order valence-corrected chi connectivity index (χ0v) is 10.3. The van der Waals surface area contributed by atoms with Crippen LogP contribution in [0.2, 0.25) is 0 Å². The average molecular weight is 224 g/mol. The quantitative estimate of drug-likeness (QED) is 0.774. The van der Waals surface area contributed by atoms with Gasteiger partial charge >= 0.3 is 0 Å². The topological polar surface area (TPSA) is 72.9 Å². The maximum absolute atomic E-state index is 11.6. The summed E-state index contributed by atoms with van der Waals surface area (Å²) in [6, 6.07) is -0.447. The summed E-state index contributed by atoms with van der Waals surface area (Å²) < 4.78 is 1.74. The van der Waals surface area contributed by atoms with Gasteiger partial charge in [0.25, 0.3) is 0 Å². The molecule has 0 aliphatic rings. The number of aryl methyl sites for hydroxylation is 2. The summed E-state index contributed by atoms with van der Waals surface area (Å²) in [7, 11) is 1.86. The number of carbonyl (C=O) groups excluding carboxylic acids is 1. The molecule has 1 rings (SSSR count). The van der Waals surface area contributed by atoms with Crippen LogP contribution in [-0.4, -0.2) is 21.7 Å². The van der Waals surface area contributed by atoms with Crippen molar-refractivity contribution >= 4 is 5.91 Å². The van der Waals surface area contributed by atoms with E-state index in [4.69, 9.17) is 5.73 Å². The highest BCUT2D eigenvalue weighted by Crippen LogP contribution is 2.04. The molecule has 16 heavy (non-hydrogen) atoms. The molecule has 0 aliphatic carbocycles. The fourth-order valence-electron chi connectivity index (χ4n) is 1.43. The van der Waals surface area contributed by atoms with Crippen LogP contribution < -0.4 is 11.1 Å². The lowest BCUT2D eigenvalue weighted by Gasteiger charge is -2.14. The van der Waals surface area contributed by atoms with Gasteiger partial charge in [0.15, 0.2) is 0 Å². The number of amides is 1. The van der Waals surface area contributed by atoms with Crippen molar-refractivity contribution in [1.82, 2.24) is 15.1 Å². The zero-order valence-electron chi connectivity index (χ0n) is 10.3. The van der Waals surface area contributed by atoms with Gasteiger partial charge in [-0.3, -0.25) is 9.48 Å². The lowest BCUT2D eigenvalue weighted by atomic mass is 10.1. The van der Waals surface area contributed by atoms with Gasteiger partial charge in [-0.05, 0) is 12.8 Å². The van der Waals surface area contributed by atoms with E-state index in [1.165, 1.54) is 0 Å². The predicted octanol–water partition coefficient (Wildman–Crippen LogP) is 0.328. The maximum Gasteiger partial charge on any atom is 0.237 e. The van der Waals surface area contributed by atoms with Crippen molar-refractivity contribution in [2.45, 2.75) is 33.4 Å². The van der Waals surface area contributed by atoms with Crippen LogP contribution in [0, 0.1) is 12.8 Å². The van der Waals surface area contributed by atoms with E-state index in [0.29, 0.717) is 6.54 Å². The zero-order chi connectivity index (χ0) is 12.3. The van der Waals surface area contributed by atoms with E-state index < -0.39 is 6.04 Å². The number of aromatic nitrogens is 2. The summed E-state index contributed by atoms with van der Waals surface area (Å²) in [4.78, 5) is 11.6. The average Bonchev–Trinajstić information content (AvgIpc) is 2.52. The molecule has 0 radical (unpaired) electrons. The minimum Gasteiger partial charge on any atom is -0.351 e. The number of carbonyl (C=O) groups is 1. The van der Waals surface area contributed by atoms with Gasteiger partial charge in [-0.25, -0.2) is 0 Å². The van der Waals surface area contributed by atoms with Crippen LogP contribution in [0.5, 0.6) is 0 Å². The molecule has 1 heterocycles. The molecule has 0 unspecified atom stereocenters. The van der Waals surface area contributed by atoms with Crippen LogP contribution in [0.4, 0.5) is 0 Å². The molecule has 0 saturated heterocycles. The second-order valence-electron chi connectivity index (χ2n) is 4.40. The number of nitrogens with two attached hydrogens (primary N) is 1. The minimum atomic E-state index is -0.447. The first-order valence-electron chi connectivity index (χ1n) is 5.44. The number of hydrogen-bond acceptors (Lipinski definition) is 3. The minimum absolute atomic E-state index is 0.113. The molecule has 90 valence electrons. The lowest BCUT2D eigenvalue weighted by molar-refractivity contribution is -0.123. The van der Waals surface area contributed by atoms with Crippen LogP contribution in [0.25, 0.3) is 0 Å². The standard InChI is InChI=1S/C11H20N4O/c1-7(2)10(12)11(16)13-5-9-6-15(4)14-8(9)3/h6-7,10H,5,12H2,1-4H3,(H,13,16)/t10-/m0/s1. The molecule has 1 aromatic rings. The Morgan fingerprint density at radius 3 is 2.69 bits per heavy atom. The van der Waals surface area contributed by atoms with E-state index in [-0.39, 0.29) is 11.8 Å². The van der Waals surface area contributed by atoms with Gasteiger partial charge in [-0.2, -0.15) is 5.10 Å². The molecule has 0 spiro atoms. The maximum atomic E-state index is 11.6. The molecule has 1 atom stereocenters. The highest BCUT2D eigenvalue weighted by molar-refractivity contribution is 5.81. The molecular weight excluding hydrogens is 204 g/mol. The number of nitrogens with zero attached hydrogens (tertiary/aromatic N) is 2. The summed E-state index contributed by atoms with van der Waals surface area (Å²) in [6.07, 6.45) is 1.90. The molecule has 3 N–H and O–H groups in total. The predicted molar refractivity (Wildman–Crippen MR) is 62.6 cm³/mol. The Morgan fingerprint density at radius 2 is 2.25 bits per heavy atom. The van der Waals surface area contributed by atoms with Gasteiger partial charge in [-0.1, -0.05) is 13.8 Å². The van der Waals surface area contributed by atoms with Crippen LogP contribution in [0.15, 0.2) is 6.20 Å². The molecule has 1 amide bonds.